The summed E-state index contributed by atoms with van der Waals surface area (Å²) in [5.41, 5.74) is 0. The molecule has 1 atom stereocenters. The van der Waals surface area contributed by atoms with Crippen molar-refractivity contribution < 1.29 is 28.6 Å². The van der Waals surface area contributed by atoms with E-state index < -0.39 is 6.10 Å². The highest BCUT2D eigenvalue weighted by Crippen LogP contribution is 2.18. The molecule has 0 rings (SSSR count). The molecule has 0 aliphatic heterocycles. The van der Waals surface area contributed by atoms with Crippen LogP contribution in [0.4, 0.5) is 0 Å². The predicted octanol–water partition coefficient (Wildman–Crippen LogP) is 19.3. The van der Waals surface area contributed by atoms with Gasteiger partial charge in [0.05, 0.1) is 0 Å². The Labute approximate surface area is 406 Å². The van der Waals surface area contributed by atoms with Gasteiger partial charge in [-0.2, -0.15) is 0 Å². The first kappa shape index (κ1) is 63.4. The minimum Gasteiger partial charge on any atom is -0.462 e. The Balaban J connectivity index is 4.27. The van der Waals surface area contributed by atoms with Crippen LogP contribution < -0.4 is 0 Å². The lowest BCUT2D eigenvalue weighted by atomic mass is 10.0. The van der Waals surface area contributed by atoms with Gasteiger partial charge in [0.2, 0.25) is 0 Å². The van der Waals surface area contributed by atoms with E-state index in [4.69, 9.17) is 14.2 Å². The molecule has 0 unspecified atom stereocenters. The van der Waals surface area contributed by atoms with Gasteiger partial charge >= 0.3 is 17.9 Å². The molecule has 0 aliphatic rings. The van der Waals surface area contributed by atoms with E-state index >= 15 is 0 Å². The standard InChI is InChI=1S/C59H114O6/c1-6-7-8-9-10-11-12-13-14-15-16-17-18-21-25-30-36-41-46-51-59(62)65-56(53-64-58(61)50-45-40-35-31-26-28-33-38-43-48-55(4)5)52-63-57(60)49-44-39-34-29-24-22-19-20-23-27-32-37-42-47-54(2)3/h54-56H,6-53H2,1-5H3/t56-/m0/s1. The molecule has 0 saturated heterocycles. The van der Waals surface area contributed by atoms with Crippen molar-refractivity contribution in [3.8, 4) is 0 Å². The Morgan fingerprint density at radius 3 is 0.754 bits per heavy atom. The van der Waals surface area contributed by atoms with Crippen LogP contribution in [-0.4, -0.2) is 37.2 Å². The van der Waals surface area contributed by atoms with Gasteiger partial charge in [-0.3, -0.25) is 14.4 Å². The van der Waals surface area contributed by atoms with Crippen LogP contribution in [-0.2, 0) is 28.6 Å². The lowest BCUT2D eigenvalue weighted by Gasteiger charge is -2.18. The van der Waals surface area contributed by atoms with Crippen LogP contribution in [0.25, 0.3) is 0 Å². The highest BCUT2D eigenvalue weighted by atomic mass is 16.6. The summed E-state index contributed by atoms with van der Waals surface area (Å²) >= 11 is 0. The predicted molar refractivity (Wildman–Crippen MR) is 280 cm³/mol. The number of rotatable bonds is 53. The van der Waals surface area contributed by atoms with Gasteiger partial charge in [-0.1, -0.05) is 291 Å². The number of ether oxygens (including phenoxy) is 3. The molecule has 0 radical (unpaired) electrons. The minimum absolute atomic E-state index is 0.0630. The van der Waals surface area contributed by atoms with Gasteiger partial charge in [0.25, 0.3) is 0 Å². The topological polar surface area (TPSA) is 78.9 Å². The van der Waals surface area contributed by atoms with E-state index in [1.54, 1.807) is 0 Å². The summed E-state index contributed by atoms with van der Waals surface area (Å²) in [4.78, 5) is 38.1. The Bertz CT molecular complexity index is 993. The van der Waals surface area contributed by atoms with Crippen LogP contribution in [0.15, 0.2) is 0 Å². The summed E-state index contributed by atoms with van der Waals surface area (Å²) in [6.07, 6.45) is 55.3. The molecule has 0 amide bonds. The van der Waals surface area contributed by atoms with Gasteiger partial charge < -0.3 is 14.2 Å². The molecule has 0 bridgehead atoms. The van der Waals surface area contributed by atoms with E-state index in [0.29, 0.717) is 19.3 Å². The summed E-state index contributed by atoms with van der Waals surface area (Å²) in [5.74, 6) is 0.808. The van der Waals surface area contributed by atoms with Crippen LogP contribution >= 0.6 is 0 Å². The summed E-state index contributed by atoms with van der Waals surface area (Å²) in [6.45, 7) is 11.4. The molecule has 386 valence electrons. The monoisotopic (exact) mass is 919 g/mol. The molecule has 0 N–H and O–H groups in total. The Morgan fingerprint density at radius 2 is 0.508 bits per heavy atom. The number of hydrogen-bond donors (Lipinski definition) is 0. The lowest BCUT2D eigenvalue weighted by molar-refractivity contribution is -0.167. The second-order valence-electron chi connectivity index (χ2n) is 21.2. The van der Waals surface area contributed by atoms with E-state index in [1.807, 2.05) is 0 Å². The van der Waals surface area contributed by atoms with E-state index in [1.165, 1.54) is 218 Å². The van der Waals surface area contributed by atoms with E-state index in [0.717, 1.165) is 69.6 Å². The number of unbranched alkanes of at least 4 members (excludes halogenated alkanes) is 38. The molecular weight excluding hydrogens is 805 g/mol. The molecule has 0 spiro atoms. The van der Waals surface area contributed by atoms with Gasteiger partial charge in [-0.15, -0.1) is 0 Å². The Morgan fingerprint density at radius 1 is 0.292 bits per heavy atom. The molecule has 65 heavy (non-hydrogen) atoms. The third-order valence-electron chi connectivity index (χ3n) is 13.5. The molecule has 6 nitrogen and oxygen atoms in total. The fourth-order valence-electron chi connectivity index (χ4n) is 9.05. The molecule has 0 aliphatic carbocycles. The van der Waals surface area contributed by atoms with Gasteiger partial charge in [0.15, 0.2) is 6.10 Å². The van der Waals surface area contributed by atoms with Crippen LogP contribution in [0.3, 0.4) is 0 Å². The summed E-state index contributed by atoms with van der Waals surface area (Å²) in [5, 5.41) is 0. The van der Waals surface area contributed by atoms with E-state index in [-0.39, 0.29) is 31.1 Å². The largest absolute Gasteiger partial charge is 0.462 e. The van der Waals surface area contributed by atoms with Crippen molar-refractivity contribution in [2.75, 3.05) is 13.2 Å². The average Bonchev–Trinajstić information content (AvgIpc) is 3.28. The molecule has 0 aromatic heterocycles. The number of esters is 3. The molecule has 0 aromatic rings. The maximum absolute atomic E-state index is 12.9. The molecule has 0 fully saturated rings. The first-order valence-electron chi connectivity index (χ1n) is 29.2. The van der Waals surface area contributed by atoms with Crippen molar-refractivity contribution in [3.05, 3.63) is 0 Å². The Hall–Kier alpha value is -1.59. The second kappa shape index (κ2) is 51.8. The van der Waals surface area contributed by atoms with Crippen LogP contribution in [0, 0.1) is 11.8 Å². The fraction of sp³-hybridized carbons (Fsp3) is 0.949. The smallest absolute Gasteiger partial charge is 0.306 e. The number of hydrogen-bond acceptors (Lipinski definition) is 6. The quantitative estimate of drug-likeness (QED) is 0.0344. The fourth-order valence-corrected chi connectivity index (χ4v) is 9.05. The molecule has 0 heterocycles. The van der Waals surface area contributed by atoms with Crippen molar-refractivity contribution in [2.24, 2.45) is 11.8 Å². The Kier molecular flexibility index (Phi) is 50.5. The molecular formula is C59H114O6. The van der Waals surface area contributed by atoms with Gasteiger partial charge in [-0.05, 0) is 31.1 Å². The highest BCUT2D eigenvalue weighted by Gasteiger charge is 2.19. The highest BCUT2D eigenvalue weighted by molar-refractivity contribution is 5.71. The van der Waals surface area contributed by atoms with Gasteiger partial charge in [0, 0.05) is 19.3 Å². The minimum atomic E-state index is -0.763. The van der Waals surface area contributed by atoms with E-state index in [2.05, 4.69) is 34.6 Å². The maximum Gasteiger partial charge on any atom is 0.306 e. The number of carbonyl (C=O) groups is 3. The van der Waals surface area contributed by atoms with Crippen molar-refractivity contribution in [2.45, 2.75) is 336 Å². The van der Waals surface area contributed by atoms with Crippen molar-refractivity contribution in [3.63, 3.8) is 0 Å². The summed E-state index contributed by atoms with van der Waals surface area (Å²) in [7, 11) is 0. The van der Waals surface area contributed by atoms with Crippen molar-refractivity contribution >= 4 is 17.9 Å². The second-order valence-corrected chi connectivity index (χ2v) is 21.2. The zero-order valence-corrected chi connectivity index (χ0v) is 44.6. The molecule has 0 aromatic carbocycles. The SMILES string of the molecule is CCCCCCCCCCCCCCCCCCCCCC(=O)O[C@@H](COC(=O)CCCCCCCCCCCCCCCC(C)C)COC(=O)CCCCCCCCCCCC(C)C. The molecule has 6 heteroatoms. The zero-order valence-electron chi connectivity index (χ0n) is 44.6. The zero-order chi connectivity index (χ0) is 47.5. The first-order chi connectivity index (χ1) is 31.7. The van der Waals surface area contributed by atoms with Crippen molar-refractivity contribution in [1.29, 1.82) is 0 Å². The third kappa shape index (κ3) is 53.2. The van der Waals surface area contributed by atoms with Crippen LogP contribution in [0.2, 0.25) is 0 Å². The van der Waals surface area contributed by atoms with Crippen LogP contribution in [0.5, 0.6) is 0 Å². The summed E-state index contributed by atoms with van der Waals surface area (Å²) < 4.78 is 16.9. The van der Waals surface area contributed by atoms with Gasteiger partial charge in [0.1, 0.15) is 13.2 Å². The lowest BCUT2D eigenvalue weighted by Crippen LogP contribution is -2.30. The number of carbonyl (C=O) groups excluding carboxylic acids is 3. The maximum atomic E-state index is 12.9. The van der Waals surface area contributed by atoms with Gasteiger partial charge in [-0.25, -0.2) is 0 Å². The van der Waals surface area contributed by atoms with E-state index in [9.17, 15) is 14.4 Å². The summed E-state index contributed by atoms with van der Waals surface area (Å²) in [6, 6.07) is 0. The third-order valence-corrected chi connectivity index (χ3v) is 13.5. The van der Waals surface area contributed by atoms with Crippen LogP contribution in [0.1, 0.15) is 330 Å². The first-order valence-corrected chi connectivity index (χ1v) is 29.2. The van der Waals surface area contributed by atoms with Crippen molar-refractivity contribution in [1.82, 2.24) is 0 Å². The molecule has 0 saturated carbocycles. The normalized spacial score (nSPS) is 12.0. The average molecular weight is 920 g/mol.